The van der Waals surface area contributed by atoms with Crippen molar-refractivity contribution in [1.29, 1.82) is 0 Å². The molecule has 4 nitrogen and oxygen atoms in total. The highest BCUT2D eigenvalue weighted by atomic mass is 15.5. The quantitative estimate of drug-likeness (QED) is 0.663. The Morgan fingerprint density at radius 1 is 1.47 bits per heavy atom. The predicted molar refractivity (Wildman–Crippen MR) is 74.4 cm³/mol. The summed E-state index contributed by atoms with van der Waals surface area (Å²) in [5, 5.41) is 6.23. The second kappa shape index (κ2) is 7.22. The molecule has 1 rings (SSSR count). The largest absolute Gasteiger partial charge is 0.296 e. The Bertz CT molecular complexity index is 303. The van der Waals surface area contributed by atoms with Crippen LogP contribution in [0.15, 0.2) is 22.0 Å². The molecule has 96 valence electrons. The summed E-state index contributed by atoms with van der Waals surface area (Å²) < 4.78 is 0. The summed E-state index contributed by atoms with van der Waals surface area (Å²) in [6, 6.07) is 0.371. The van der Waals surface area contributed by atoms with E-state index in [9.17, 15) is 0 Å². The van der Waals surface area contributed by atoms with E-state index < -0.39 is 0 Å². The molecule has 0 radical (unpaired) electrons. The average Bonchev–Trinajstić information content (AvgIpc) is 2.38. The van der Waals surface area contributed by atoms with Crippen molar-refractivity contribution in [3.63, 3.8) is 0 Å². The topological polar surface area (TPSA) is 31.2 Å². The minimum atomic E-state index is 0.371. The first-order chi connectivity index (χ1) is 8.22. The number of rotatable bonds is 6. The third kappa shape index (κ3) is 3.97. The highest BCUT2D eigenvalue weighted by Crippen LogP contribution is 2.11. The molecule has 0 spiro atoms. The third-order valence-electron chi connectivity index (χ3n) is 3.00. The van der Waals surface area contributed by atoms with E-state index in [0.29, 0.717) is 6.04 Å². The zero-order valence-electron chi connectivity index (χ0n) is 11.4. The number of allylic oxidation sites excluding steroid dienone is 1. The normalized spacial score (nSPS) is 17.9. The van der Waals surface area contributed by atoms with Crippen LogP contribution in [0.3, 0.4) is 0 Å². The van der Waals surface area contributed by atoms with Gasteiger partial charge >= 0.3 is 0 Å². The molecule has 0 aromatic rings. The Balaban J connectivity index is 2.60. The summed E-state index contributed by atoms with van der Waals surface area (Å²) in [6.07, 6.45) is 6.92. The molecule has 1 aliphatic heterocycles. The van der Waals surface area contributed by atoms with Crippen LogP contribution in [0.2, 0.25) is 0 Å². The van der Waals surface area contributed by atoms with E-state index >= 15 is 0 Å². The van der Waals surface area contributed by atoms with Gasteiger partial charge in [-0.2, -0.15) is 5.10 Å². The SMILES string of the molecule is CCN1N=CCC=C1/N=C\C(C)N(CC)CC. The lowest BCUT2D eigenvalue weighted by Crippen LogP contribution is -2.34. The fourth-order valence-corrected chi connectivity index (χ4v) is 1.91. The first kappa shape index (κ1) is 13.9. The van der Waals surface area contributed by atoms with Crippen molar-refractivity contribution in [1.82, 2.24) is 9.91 Å². The zero-order chi connectivity index (χ0) is 12.7. The van der Waals surface area contributed by atoms with Gasteiger partial charge in [-0.25, -0.2) is 10.0 Å². The molecule has 0 N–H and O–H groups in total. The second-order valence-electron chi connectivity index (χ2n) is 4.05. The smallest absolute Gasteiger partial charge is 0.144 e. The van der Waals surface area contributed by atoms with Crippen LogP contribution in [0, 0.1) is 0 Å². The lowest BCUT2D eigenvalue weighted by molar-refractivity contribution is 0.284. The van der Waals surface area contributed by atoms with Crippen LogP contribution in [0.25, 0.3) is 0 Å². The standard InChI is InChI=1S/C13H24N4/c1-5-16(6-2)12(4)11-14-13-9-8-10-15-17(13)7-3/h9-12H,5-8H2,1-4H3/b14-11-. The fraction of sp³-hybridized carbons (Fsp3) is 0.692. The molecule has 0 saturated carbocycles. The number of hydrogen-bond acceptors (Lipinski definition) is 4. The summed E-state index contributed by atoms with van der Waals surface area (Å²) >= 11 is 0. The fourth-order valence-electron chi connectivity index (χ4n) is 1.91. The Labute approximate surface area is 105 Å². The third-order valence-corrected chi connectivity index (χ3v) is 3.00. The van der Waals surface area contributed by atoms with Crippen LogP contribution in [-0.2, 0) is 0 Å². The van der Waals surface area contributed by atoms with E-state index in [2.05, 4.69) is 48.8 Å². The van der Waals surface area contributed by atoms with Gasteiger partial charge in [0.1, 0.15) is 5.82 Å². The van der Waals surface area contributed by atoms with Crippen LogP contribution in [-0.4, -0.2) is 48.0 Å². The maximum atomic E-state index is 4.56. The lowest BCUT2D eigenvalue weighted by atomic mass is 10.3. The minimum absolute atomic E-state index is 0.371. The van der Waals surface area contributed by atoms with Gasteiger partial charge in [-0.1, -0.05) is 13.8 Å². The molecule has 0 aromatic heterocycles. The molecule has 1 unspecified atom stereocenters. The molecule has 1 heterocycles. The van der Waals surface area contributed by atoms with E-state index in [-0.39, 0.29) is 0 Å². The predicted octanol–water partition coefficient (Wildman–Crippen LogP) is 2.34. The van der Waals surface area contributed by atoms with Crippen LogP contribution in [0.4, 0.5) is 0 Å². The van der Waals surface area contributed by atoms with Crippen molar-refractivity contribution < 1.29 is 0 Å². The summed E-state index contributed by atoms with van der Waals surface area (Å²) in [6.45, 7) is 11.6. The van der Waals surface area contributed by atoms with Crippen molar-refractivity contribution in [2.24, 2.45) is 10.1 Å². The van der Waals surface area contributed by atoms with E-state index in [1.807, 2.05) is 17.4 Å². The highest BCUT2D eigenvalue weighted by Gasteiger charge is 2.10. The van der Waals surface area contributed by atoms with Crippen LogP contribution in [0.1, 0.15) is 34.1 Å². The molecule has 1 atom stereocenters. The van der Waals surface area contributed by atoms with Gasteiger partial charge in [0.05, 0.1) is 0 Å². The number of aliphatic imine (C=N–C) groups is 1. The molecular formula is C13H24N4. The van der Waals surface area contributed by atoms with Gasteiger partial charge in [-0.3, -0.25) is 4.90 Å². The van der Waals surface area contributed by atoms with Gasteiger partial charge in [-0.15, -0.1) is 0 Å². The number of hydrazone groups is 1. The monoisotopic (exact) mass is 236 g/mol. The van der Waals surface area contributed by atoms with Crippen molar-refractivity contribution >= 4 is 12.4 Å². The Kier molecular flexibility index (Phi) is 5.91. The van der Waals surface area contributed by atoms with Gasteiger partial charge < -0.3 is 0 Å². The number of hydrogen-bond donors (Lipinski definition) is 0. The van der Waals surface area contributed by atoms with Crippen LogP contribution >= 0.6 is 0 Å². The summed E-state index contributed by atoms with van der Waals surface area (Å²) in [5.41, 5.74) is 0. The van der Waals surface area contributed by atoms with Gasteiger partial charge in [0.2, 0.25) is 0 Å². The molecule has 0 bridgehead atoms. The van der Waals surface area contributed by atoms with E-state index in [1.54, 1.807) is 0 Å². The highest BCUT2D eigenvalue weighted by molar-refractivity contribution is 5.66. The van der Waals surface area contributed by atoms with Crippen LogP contribution in [0.5, 0.6) is 0 Å². The Morgan fingerprint density at radius 3 is 2.76 bits per heavy atom. The maximum Gasteiger partial charge on any atom is 0.144 e. The first-order valence-corrected chi connectivity index (χ1v) is 6.51. The van der Waals surface area contributed by atoms with E-state index in [1.165, 1.54) is 0 Å². The molecular weight excluding hydrogens is 212 g/mol. The average molecular weight is 236 g/mol. The van der Waals surface area contributed by atoms with E-state index in [0.717, 1.165) is 31.9 Å². The van der Waals surface area contributed by atoms with Crippen molar-refractivity contribution in [2.75, 3.05) is 19.6 Å². The summed E-state index contributed by atoms with van der Waals surface area (Å²) in [7, 11) is 0. The van der Waals surface area contributed by atoms with Gasteiger partial charge in [-0.05, 0) is 33.0 Å². The van der Waals surface area contributed by atoms with Gasteiger partial charge in [0.25, 0.3) is 0 Å². The van der Waals surface area contributed by atoms with Gasteiger partial charge in [0.15, 0.2) is 0 Å². The zero-order valence-corrected chi connectivity index (χ0v) is 11.4. The molecule has 4 heteroatoms. The minimum Gasteiger partial charge on any atom is -0.296 e. The maximum absolute atomic E-state index is 4.56. The lowest BCUT2D eigenvalue weighted by Gasteiger charge is -2.24. The number of nitrogens with zero attached hydrogens (tertiary/aromatic N) is 4. The van der Waals surface area contributed by atoms with Crippen molar-refractivity contribution in [3.8, 4) is 0 Å². The Hall–Kier alpha value is -1.16. The molecule has 0 amide bonds. The van der Waals surface area contributed by atoms with Crippen molar-refractivity contribution in [3.05, 3.63) is 11.9 Å². The van der Waals surface area contributed by atoms with E-state index in [4.69, 9.17) is 0 Å². The second-order valence-corrected chi connectivity index (χ2v) is 4.05. The summed E-state index contributed by atoms with van der Waals surface area (Å²) in [4.78, 5) is 6.93. The molecule has 0 fully saturated rings. The van der Waals surface area contributed by atoms with Gasteiger partial charge in [0, 0.05) is 31.4 Å². The van der Waals surface area contributed by atoms with Crippen molar-refractivity contribution in [2.45, 2.75) is 40.2 Å². The molecule has 1 aliphatic rings. The Morgan fingerprint density at radius 2 is 2.18 bits per heavy atom. The molecule has 0 saturated heterocycles. The molecule has 17 heavy (non-hydrogen) atoms. The summed E-state index contributed by atoms with van der Waals surface area (Å²) in [5.74, 6) is 0.967. The molecule has 0 aliphatic carbocycles. The van der Waals surface area contributed by atoms with Crippen LogP contribution < -0.4 is 0 Å². The first-order valence-electron chi connectivity index (χ1n) is 6.51. The molecule has 0 aromatic carbocycles.